The molecule has 2 aromatic rings. The van der Waals surface area contributed by atoms with Gasteiger partial charge in [0.15, 0.2) is 5.96 Å². The highest BCUT2D eigenvalue weighted by Crippen LogP contribution is 2.13. The maximum atomic E-state index is 12.2. The van der Waals surface area contributed by atoms with Crippen molar-refractivity contribution in [3.05, 3.63) is 54.6 Å². The van der Waals surface area contributed by atoms with E-state index in [9.17, 15) is 8.42 Å². The van der Waals surface area contributed by atoms with Crippen molar-refractivity contribution < 1.29 is 8.42 Å². The number of hydrogen-bond donors (Lipinski definition) is 3. The van der Waals surface area contributed by atoms with E-state index in [0.717, 1.165) is 44.7 Å². The number of guanidine groups is 1. The van der Waals surface area contributed by atoms with Gasteiger partial charge in [-0.05, 0) is 44.0 Å². The van der Waals surface area contributed by atoms with Gasteiger partial charge in [-0.15, -0.1) is 0 Å². The van der Waals surface area contributed by atoms with Crippen molar-refractivity contribution in [2.24, 2.45) is 4.99 Å². The second-order valence-electron chi connectivity index (χ2n) is 7.36. The standard InChI is InChI=1S/C21H31N7O2S/c1-2-23-21(25-12-13-26-31(29,30)20-7-5-10-22-16-20)27-18-8-14-28(15-9-18)17-19-6-3-4-11-24-19/h3-7,10-11,16,18,26H,2,8-9,12-15,17H2,1H3,(H2,23,25,27). The SMILES string of the molecule is CCNC(=NCCNS(=O)(=O)c1cccnc1)NC1CCN(Cc2ccccn2)CC1. The summed E-state index contributed by atoms with van der Waals surface area (Å²) in [6.45, 7) is 6.18. The number of nitrogens with zero attached hydrogens (tertiary/aromatic N) is 4. The number of aromatic nitrogens is 2. The molecule has 0 radical (unpaired) electrons. The van der Waals surface area contributed by atoms with Crippen LogP contribution in [0.4, 0.5) is 0 Å². The Morgan fingerprint density at radius 2 is 2.03 bits per heavy atom. The molecule has 1 fully saturated rings. The molecule has 9 nitrogen and oxygen atoms in total. The summed E-state index contributed by atoms with van der Waals surface area (Å²) in [4.78, 5) is 15.3. The summed E-state index contributed by atoms with van der Waals surface area (Å²) in [5.41, 5.74) is 1.09. The third-order valence-electron chi connectivity index (χ3n) is 5.00. The van der Waals surface area contributed by atoms with Crippen LogP contribution in [0.1, 0.15) is 25.5 Å². The molecule has 3 N–H and O–H groups in total. The van der Waals surface area contributed by atoms with Crippen molar-refractivity contribution in [2.45, 2.75) is 37.2 Å². The third kappa shape index (κ3) is 7.57. The average molecular weight is 446 g/mol. The normalized spacial score (nSPS) is 16.2. The first-order valence-electron chi connectivity index (χ1n) is 10.6. The maximum absolute atomic E-state index is 12.2. The quantitative estimate of drug-likeness (QED) is 0.300. The fourth-order valence-electron chi connectivity index (χ4n) is 3.41. The van der Waals surface area contributed by atoms with Crippen LogP contribution in [-0.4, -0.2) is 68.0 Å². The zero-order valence-corrected chi connectivity index (χ0v) is 18.7. The topological polar surface area (TPSA) is 112 Å². The van der Waals surface area contributed by atoms with E-state index in [1.165, 1.54) is 12.3 Å². The molecule has 31 heavy (non-hydrogen) atoms. The van der Waals surface area contributed by atoms with Crippen LogP contribution in [0, 0.1) is 0 Å². The van der Waals surface area contributed by atoms with Gasteiger partial charge in [0, 0.05) is 57.4 Å². The first-order chi connectivity index (χ1) is 15.1. The van der Waals surface area contributed by atoms with E-state index >= 15 is 0 Å². The second kappa shape index (κ2) is 11.7. The molecule has 10 heteroatoms. The lowest BCUT2D eigenvalue weighted by Gasteiger charge is -2.32. The molecule has 0 aliphatic carbocycles. The highest BCUT2D eigenvalue weighted by atomic mass is 32.2. The smallest absolute Gasteiger partial charge is 0.242 e. The molecule has 0 amide bonds. The summed E-state index contributed by atoms with van der Waals surface area (Å²) < 4.78 is 27.0. The fraction of sp³-hybridized carbons (Fsp3) is 0.476. The predicted octanol–water partition coefficient (Wildman–Crippen LogP) is 0.975. The molecular weight excluding hydrogens is 414 g/mol. The van der Waals surface area contributed by atoms with Crippen LogP contribution in [0.15, 0.2) is 58.8 Å². The van der Waals surface area contributed by atoms with Gasteiger partial charge in [-0.1, -0.05) is 6.07 Å². The van der Waals surface area contributed by atoms with Crippen LogP contribution in [0.3, 0.4) is 0 Å². The molecule has 3 rings (SSSR count). The van der Waals surface area contributed by atoms with Gasteiger partial charge >= 0.3 is 0 Å². The molecular formula is C21H31N7O2S. The van der Waals surface area contributed by atoms with Gasteiger partial charge in [-0.25, -0.2) is 13.1 Å². The van der Waals surface area contributed by atoms with E-state index in [4.69, 9.17) is 0 Å². The first-order valence-corrected chi connectivity index (χ1v) is 12.1. The number of rotatable bonds is 9. The Labute approximate surface area is 184 Å². The summed E-state index contributed by atoms with van der Waals surface area (Å²) in [6, 6.07) is 9.47. The minimum atomic E-state index is -3.56. The molecule has 168 valence electrons. The molecule has 1 saturated heterocycles. The lowest BCUT2D eigenvalue weighted by Crippen LogP contribution is -2.48. The lowest BCUT2D eigenvalue weighted by atomic mass is 10.0. The van der Waals surface area contributed by atoms with Crippen LogP contribution in [0.5, 0.6) is 0 Å². The summed E-state index contributed by atoms with van der Waals surface area (Å²) in [6.07, 6.45) is 6.74. The Kier molecular flexibility index (Phi) is 8.74. The third-order valence-corrected chi connectivity index (χ3v) is 6.45. The van der Waals surface area contributed by atoms with Gasteiger partial charge < -0.3 is 10.6 Å². The zero-order valence-electron chi connectivity index (χ0n) is 17.9. The van der Waals surface area contributed by atoms with Gasteiger partial charge in [0.2, 0.25) is 10.0 Å². The van der Waals surface area contributed by atoms with E-state index < -0.39 is 10.0 Å². The van der Waals surface area contributed by atoms with Gasteiger partial charge in [-0.2, -0.15) is 0 Å². The number of aliphatic imine (C=N–C) groups is 1. The van der Waals surface area contributed by atoms with E-state index in [0.29, 0.717) is 18.5 Å². The van der Waals surface area contributed by atoms with Gasteiger partial charge in [-0.3, -0.25) is 19.9 Å². The summed E-state index contributed by atoms with van der Waals surface area (Å²) in [5.74, 6) is 0.714. The predicted molar refractivity (Wildman–Crippen MR) is 121 cm³/mol. The minimum Gasteiger partial charge on any atom is -0.357 e. The molecule has 0 saturated carbocycles. The number of likely N-dealkylation sites (tertiary alicyclic amines) is 1. The molecule has 0 unspecified atom stereocenters. The number of piperidine rings is 1. The van der Waals surface area contributed by atoms with Crippen molar-refractivity contribution in [3.63, 3.8) is 0 Å². The van der Waals surface area contributed by atoms with E-state index in [2.05, 4.69) is 41.3 Å². The van der Waals surface area contributed by atoms with Crippen molar-refractivity contribution in [2.75, 3.05) is 32.7 Å². The van der Waals surface area contributed by atoms with Crippen LogP contribution in [-0.2, 0) is 16.6 Å². The summed E-state index contributed by atoms with van der Waals surface area (Å²) in [5, 5.41) is 6.72. The first kappa shape index (κ1) is 23.1. The van der Waals surface area contributed by atoms with Crippen LogP contribution < -0.4 is 15.4 Å². The van der Waals surface area contributed by atoms with Gasteiger partial charge in [0.25, 0.3) is 0 Å². The molecule has 3 heterocycles. The van der Waals surface area contributed by atoms with E-state index in [1.807, 2.05) is 25.3 Å². The van der Waals surface area contributed by atoms with Crippen molar-refractivity contribution in [1.82, 2.24) is 30.2 Å². The Morgan fingerprint density at radius 1 is 1.19 bits per heavy atom. The number of hydrogen-bond acceptors (Lipinski definition) is 6. The number of pyridine rings is 2. The van der Waals surface area contributed by atoms with Crippen LogP contribution >= 0.6 is 0 Å². The number of sulfonamides is 1. The molecule has 1 aliphatic rings. The molecule has 0 aromatic carbocycles. The lowest BCUT2D eigenvalue weighted by molar-refractivity contribution is 0.196. The summed E-state index contributed by atoms with van der Waals surface area (Å²) >= 11 is 0. The van der Waals surface area contributed by atoms with Gasteiger partial charge in [0.05, 0.1) is 12.2 Å². The largest absolute Gasteiger partial charge is 0.357 e. The zero-order chi connectivity index (χ0) is 21.9. The van der Waals surface area contributed by atoms with Crippen molar-refractivity contribution in [3.8, 4) is 0 Å². The Hall–Kier alpha value is -2.56. The van der Waals surface area contributed by atoms with Crippen LogP contribution in [0.2, 0.25) is 0 Å². The highest BCUT2D eigenvalue weighted by Gasteiger charge is 2.20. The Balaban J connectivity index is 1.43. The average Bonchev–Trinajstić information content (AvgIpc) is 2.79. The van der Waals surface area contributed by atoms with Crippen molar-refractivity contribution in [1.29, 1.82) is 0 Å². The van der Waals surface area contributed by atoms with Crippen molar-refractivity contribution >= 4 is 16.0 Å². The van der Waals surface area contributed by atoms with Gasteiger partial charge in [0.1, 0.15) is 4.90 Å². The molecule has 0 bridgehead atoms. The fourth-order valence-corrected chi connectivity index (χ4v) is 4.39. The number of nitrogens with one attached hydrogen (secondary N) is 3. The van der Waals surface area contributed by atoms with Crippen LogP contribution in [0.25, 0.3) is 0 Å². The molecule has 1 aliphatic heterocycles. The van der Waals surface area contributed by atoms with E-state index in [-0.39, 0.29) is 11.4 Å². The summed E-state index contributed by atoms with van der Waals surface area (Å²) in [7, 11) is -3.56. The molecule has 2 aromatic heterocycles. The monoisotopic (exact) mass is 445 g/mol. The Morgan fingerprint density at radius 3 is 2.71 bits per heavy atom. The maximum Gasteiger partial charge on any atom is 0.242 e. The minimum absolute atomic E-state index is 0.154. The molecule has 0 spiro atoms. The molecule has 0 atom stereocenters. The van der Waals surface area contributed by atoms with E-state index in [1.54, 1.807) is 12.3 Å². The highest BCUT2D eigenvalue weighted by molar-refractivity contribution is 7.89. The second-order valence-corrected chi connectivity index (χ2v) is 9.13. The Bertz CT molecular complexity index is 915.